The third kappa shape index (κ3) is 2.58. The number of nitrogens with one attached hydrogen (secondary N) is 1. The van der Waals surface area contributed by atoms with Crippen molar-refractivity contribution in [2.24, 2.45) is 5.73 Å². The number of hydrogen-bond acceptors (Lipinski definition) is 4. The summed E-state index contributed by atoms with van der Waals surface area (Å²) in [6.45, 7) is 0.406. The lowest BCUT2D eigenvalue weighted by Gasteiger charge is -2.18. The molecule has 3 N–H and O–H groups in total. The maximum atomic E-state index is 12.3. The van der Waals surface area contributed by atoms with Crippen molar-refractivity contribution in [2.45, 2.75) is 24.9 Å². The predicted molar refractivity (Wildman–Crippen MR) is 78.6 cm³/mol. The van der Waals surface area contributed by atoms with E-state index in [0.717, 1.165) is 18.4 Å². The number of nitrogens with two attached hydrogens (primary N) is 1. The Hall–Kier alpha value is -2.14. The molecule has 1 unspecified atom stereocenters. The summed E-state index contributed by atoms with van der Waals surface area (Å²) in [5.74, 6) is 0.374. The fourth-order valence-electron chi connectivity index (χ4n) is 2.29. The standard InChI is InChI=1S/C15H18N4O/c16-10-13(11-4-2-1-3-5-11)18-14-15(20)19(9-8-17-14)12-6-7-12/h1-5,8-9,12-13H,6-7,10,16H2,(H,17,18). The number of anilines is 1. The minimum atomic E-state index is -0.105. The molecule has 1 saturated carbocycles. The Kier molecular flexibility index (Phi) is 3.52. The summed E-state index contributed by atoms with van der Waals surface area (Å²) in [7, 11) is 0. The lowest BCUT2D eigenvalue weighted by molar-refractivity contribution is 0.692. The number of aromatic nitrogens is 2. The molecule has 1 aliphatic rings. The molecule has 0 radical (unpaired) electrons. The van der Waals surface area contributed by atoms with Crippen LogP contribution in [0.2, 0.25) is 0 Å². The van der Waals surface area contributed by atoms with Crippen molar-refractivity contribution >= 4 is 5.82 Å². The van der Waals surface area contributed by atoms with Gasteiger partial charge in [-0.15, -0.1) is 0 Å². The minimum absolute atomic E-state index is 0.0654. The molecule has 3 rings (SSSR count). The second-order valence-corrected chi connectivity index (χ2v) is 5.06. The third-order valence-corrected chi connectivity index (χ3v) is 3.56. The number of rotatable bonds is 5. The van der Waals surface area contributed by atoms with E-state index >= 15 is 0 Å². The van der Waals surface area contributed by atoms with Gasteiger partial charge in [-0.1, -0.05) is 30.3 Å². The van der Waals surface area contributed by atoms with Gasteiger partial charge >= 0.3 is 0 Å². The van der Waals surface area contributed by atoms with Crippen LogP contribution in [0.5, 0.6) is 0 Å². The molecule has 5 nitrogen and oxygen atoms in total. The van der Waals surface area contributed by atoms with E-state index in [1.165, 1.54) is 0 Å². The Balaban J connectivity index is 1.86. The quantitative estimate of drug-likeness (QED) is 0.867. The zero-order chi connectivity index (χ0) is 13.9. The largest absolute Gasteiger partial charge is 0.357 e. The molecule has 0 bridgehead atoms. The molecule has 0 aliphatic heterocycles. The summed E-state index contributed by atoms with van der Waals surface area (Å²) in [5.41, 5.74) is 6.80. The Labute approximate surface area is 117 Å². The lowest BCUT2D eigenvalue weighted by atomic mass is 10.1. The third-order valence-electron chi connectivity index (χ3n) is 3.56. The van der Waals surface area contributed by atoms with Crippen molar-refractivity contribution in [2.75, 3.05) is 11.9 Å². The zero-order valence-corrected chi connectivity index (χ0v) is 11.2. The van der Waals surface area contributed by atoms with Gasteiger partial charge in [0.25, 0.3) is 5.56 Å². The van der Waals surface area contributed by atoms with Crippen LogP contribution in [-0.4, -0.2) is 16.1 Å². The van der Waals surface area contributed by atoms with Gasteiger partial charge in [-0.2, -0.15) is 0 Å². The number of hydrogen-bond donors (Lipinski definition) is 2. The molecule has 1 atom stereocenters. The van der Waals surface area contributed by atoms with Crippen LogP contribution in [0.15, 0.2) is 47.5 Å². The molecule has 1 fully saturated rings. The van der Waals surface area contributed by atoms with Crippen LogP contribution in [-0.2, 0) is 0 Å². The van der Waals surface area contributed by atoms with Gasteiger partial charge in [0.1, 0.15) is 0 Å². The van der Waals surface area contributed by atoms with Crippen molar-refractivity contribution in [1.82, 2.24) is 9.55 Å². The second kappa shape index (κ2) is 5.46. The Bertz CT molecular complexity index is 634. The highest BCUT2D eigenvalue weighted by Crippen LogP contribution is 2.33. The van der Waals surface area contributed by atoms with E-state index in [0.29, 0.717) is 18.4 Å². The topological polar surface area (TPSA) is 72.9 Å². The lowest BCUT2D eigenvalue weighted by Crippen LogP contribution is -2.28. The smallest absolute Gasteiger partial charge is 0.293 e. The molecule has 0 spiro atoms. The van der Waals surface area contributed by atoms with Gasteiger partial charge in [0.05, 0.1) is 6.04 Å². The minimum Gasteiger partial charge on any atom is -0.357 e. The van der Waals surface area contributed by atoms with Gasteiger partial charge in [0.2, 0.25) is 0 Å². The van der Waals surface area contributed by atoms with Crippen LogP contribution >= 0.6 is 0 Å². The van der Waals surface area contributed by atoms with Gasteiger partial charge in [-0.3, -0.25) is 4.79 Å². The predicted octanol–water partition coefficient (Wildman–Crippen LogP) is 1.69. The molecule has 2 aromatic rings. The average Bonchev–Trinajstić information content (AvgIpc) is 3.32. The second-order valence-electron chi connectivity index (χ2n) is 5.06. The first-order valence-electron chi connectivity index (χ1n) is 6.88. The van der Waals surface area contributed by atoms with Crippen LogP contribution in [0.3, 0.4) is 0 Å². The molecular weight excluding hydrogens is 252 g/mol. The van der Waals surface area contributed by atoms with Crippen molar-refractivity contribution < 1.29 is 0 Å². The first-order chi connectivity index (χ1) is 9.79. The van der Waals surface area contributed by atoms with E-state index in [1.807, 2.05) is 30.3 Å². The van der Waals surface area contributed by atoms with Gasteiger partial charge in [-0.05, 0) is 18.4 Å². The molecule has 0 saturated heterocycles. The Morgan fingerprint density at radius 2 is 2.10 bits per heavy atom. The SMILES string of the molecule is NCC(Nc1nccn(C2CC2)c1=O)c1ccccc1. The van der Waals surface area contributed by atoms with Gasteiger partial charge < -0.3 is 15.6 Å². The van der Waals surface area contributed by atoms with Crippen molar-refractivity contribution in [3.8, 4) is 0 Å². The van der Waals surface area contributed by atoms with Crippen LogP contribution in [0, 0.1) is 0 Å². The summed E-state index contributed by atoms with van der Waals surface area (Å²) in [4.78, 5) is 16.5. The fraction of sp³-hybridized carbons (Fsp3) is 0.333. The van der Waals surface area contributed by atoms with Crippen LogP contribution in [0.25, 0.3) is 0 Å². The highest BCUT2D eigenvalue weighted by molar-refractivity contribution is 5.36. The van der Waals surface area contributed by atoms with E-state index in [9.17, 15) is 4.79 Å². The maximum absolute atomic E-state index is 12.3. The summed E-state index contributed by atoms with van der Waals surface area (Å²) in [5, 5.41) is 3.17. The molecule has 1 aliphatic carbocycles. The summed E-state index contributed by atoms with van der Waals surface area (Å²) >= 11 is 0. The van der Waals surface area contributed by atoms with Crippen molar-refractivity contribution in [3.05, 3.63) is 58.6 Å². The van der Waals surface area contributed by atoms with Crippen molar-refractivity contribution in [1.29, 1.82) is 0 Å². The average molecular weight is 270 g/mol. The molecule has 1 aromatic carbocycles. The Morgan fingerprint density at radius 3 is 2.75 bits per heavy atom. The molecule has 1 heterocycles. The van der Waals surface area contributed by atoms with E-state index in [2.05, 4.69) is 10.3 Å². The first-order valence-corrected chi connectivity index (χ1v) is 6.88. The summed E-state index contributed by atoms with van der Waals surface area (Å²) in [6, 6.07) is 10.1. The van der Waals surface area contributed by atoms with Crippen LogP contribution < -0.4 is 16.6 Å². The zero-order valence-electron chi connectivity index (χ0n) is 11.2. The van der Waals surface area contributed by atoms with Crippen LogP contribution in [0.4, 0.5) is 5.82 Å². The fourth-order valence-corrected chi connectivity index (χ4v) is 2.29. The highest BCUT2D eigenvalue weighted by atomic mass is 16.1. The monoisotopic (exact) mass is 270 g/mol. The van der Waals surface area contributed by atoms with Gasteiger partial charge in [0, 0.05) is 25.0 Å². The van der Waals surface area contributed by atoms with E-state index in [4.69, 9.17) is 5.73 Å². The number of nitrogens with zero attached hydrogens (tertiary/aromatic N) is 2. The summed E-state index contributed by atoms with van der Waals surface area (Å²) < 4.78 is 1.76. The normalized spacial score (nSPS) is 15.8. The van der Waals surface area contributed by atoms with Gasteiger partial charge in [0.15, 0.2) is 5.82 Å². The number of benzene rings is 1. The van der Waals surface area contributed by atoms with E-state index < -0.39 is 0 Å². The van der Waals surface area contributed by atoms with E-state index in [-0.39, 0.29) is 11.6 Å². The molecule has 1 aromatic heterocycles. The molecular formula is C15H18N4O. The Morgan fingerprint density at radius 1 is 1.35 bits per heavy atom. The van der Waals surface area contributed by atoms with E-state index in [1.54, 1.807) is 17.0 Å². The van der Waals surface area contributed by atoms with Crippen LogP contribution in [0.1, 0.15) is 30.5 Å². The molecule has 20 heavy (non-hydrogen) atoms. The first kappa shape index (κ1) is 12.9. The van der Waals surface area contributed by atoms with Gasteiger partial charge in [-0.25, -0.2) is 4.98 Å². The summed E-state index contributed by atoms with van der Waals surface area (Å²) in [6.07, 6.45) is 5.57. The maximum Gasteiger partial charge on any atom is 0.293 e. The highest BCUT2D eigenvalue weighted by Gasteiger charge is 2.25. The van der Waals surface area contributed by atoms with Crippen molar-refractivity contribution in [3.63, 3.8) is 0 Å². The molecule has 104 valence electrons. The molecule has 5 heteroatoms. The molecule has 0 amide bonds.